The van der Waals surface area contributed by atoms with Gasteiger partial charge in [0.2, 0.25) is 5.91 Å². The molecule has 11 heteroatoms. The fraction of sp³-hybridized carbons (Fsp3) is 0.214. The van der Waals surface area contributed by atoms with Crippen LogP contribution in [-0.4, -0.2) is 50.6 Å². The molecule has 3 aromatic carbocycles. The van der Waals surface area contributed by atoms with Gasteiger partial charge in [0.05, 0.1) is 5.69 Å². The van der Waals surface area contributed by atoms with Crippen molar-refractivity contribution in [3.05, 3.63) is 95.3 Å². The Morgan fingerprint density at radius 1 is 0.974 bits per heavy atom. The normalized spacial score (nSPS) is 16.9. The van der Waals surface area contributed by atoms with E-state index < -0.39 is 23.9 Å². The second-order valence-corrected chi connectivity index (χ2v) is 9.59. The van der Waals surface area contributed by atoms with Crippen LogP contribution in [-0.2, 0) is 9.59 Å². The average Bonchev–Trinajstić information content (AvgIpc) is 3.42. The zero-order chi connectivity index (χ0) is 27.7. The molecule has 2 atom stereocenters. The molecule has 0 saturated heterocycles. The van der Waals surface area contributed by atoms with Gasteiger partial charge in [-0.1, -0.05) is 54.1 Å². The fourth-order valence-corrected chi connectivity index (χ4v) is 5.14. The lowest BCUT2D eigenvalue weighted by Gasteiger charge is -2.33. The van der Waals surface area contributed by atoms with Crippen molar-refractivity contribution in [2.45, 2.75) is 32.2 Å². The molecule has 5 rings (SSSR count). The number of para-hydroxylation sites is 2. The Balaban J connectivity index is 1.72. The van der Waals surface area contributed by atoms with E-state index in [0.29, 0.717) is 17.1 Å². The third-order valence-electron chi connectivity index (χ3n) is 6.91. The molecule has 0 aliphatic carbocycles. The van der Waals surface area contributed by atoms with Crippen molar-refractivity contribution in [2.24, 2.45) is 11.5 Å². The number of nitrogens with zero attached hydrogens (tertiary/aromatic N) is 6. The molecule has 39 heavy (non-hydrogen) atoms. The van der Waals surface area contributed by atoms with Gasteiger partial charge in [-0.05, 0) is 60.4 Å². The molecule has 198 valence electrons. The summed E-state index contributed by atoms with van der Waals surface area (Å²) in [4.78, 5) is 43.5. The van der Waals surface area contributed by atoms with Gasteiger partial charge < -0.3 is 16.4 Å². The predicted molar refractivity (Wildman–Crippen MR) is 145 cm³/mol. The number of urea groups is 1. The van der Waals surface area contributed by atoms with E-state index in [0.717, 1.165) is 22.3 Å². The first-order valence-electron chi connectivity index (χ1n) is 12.4. The van der Waals surface area contributed by atoms with Crippen molar-refractivity contribution in [3.8, 4) is 5.69 Å². The first-order chi connectivity index (χ1) is 18.7. The number of amides is 4. The highest BCUT2D eigenvalue weighted by Gasteiger charge is 2.42. The Hall–Kier alpha value is -5.06. The molecular formula is C28H28N8O3. The van der Waals surface area contributed by atoms with Crippen molar-refractivity contribution in [2.75, 3.05) is 16.3 Å². The van der Waals surface area contributed by atoms with Crippen LogP contribution in [0.3, 0.4) is 0 Å². The third kappa shape index (κ3) is 4.93. The zero-order valence-electron chi connectivity index (χ0n) is 21.6. The summed E-state index contributed by atoms with van der Waals surface area (Å²) in [5.41, 5.74) is 16.7. The number of benzene rings is 3. The Morgan fingerprint density at radius 2 is 1.69 bits per heavy atom. The lowest BCUT2D eigenvalue weighted by atomic mass is 9.85. The maximum atomic E-state index is 14.3. The summed E-state index contributed by atoms with van der Waals surface area (Å²) in [7, 11) is 0. The van der Waals surface area contributed by atoms with E-state index >= 15 is 0 Å². The minimum atomic E-state index is -1.08. The molecule has 1 aliphatic heterocycles. The molecule has 1 aromatic heterocycles. The minimum Gasteiger partial charge on any atom is -0.368 e. The number of nitrogens with two attached hydrogens (primary N) is 2. The van der Waals surface area contributed by atoms with Crippen LogP contribution in [0.15, 0.2) is 73.1 Å². The Kier molecular flexibility index (Phi) is 6.80. The summed E-state index contributed by atoms with van der Waals surface area (Å²) in [6.45, 7) is 3.55. The highest BCUT2D eigenvalue weighted by atomic mass is 16.2. The van der Waals surface area contributed by atoms with Gasteiger partial charge in [0, 0.05) is 11.6 Å². The van der Waals surface area contributed by atoms with Crippen molar-refractivity contribution in [1.29, 1.82) is 0 Å². The quantitative estimate of drug-likeness (QED) is 0.395. The van der Waals surface area contributed by atoms with Gasteiger partial charge in [0.25, 0.3) is 5.91 Å². The van der Waals surface area contributed by atoms with E-state index in [-0.39, 0.29) is 18.9 Å². The van der Waals surface area contributed by atoms with E-state index in [1.165, 1.54) is 20.9 Å². The number of aryl methyl sites for hydroxylation is 2. The highest BCUT2D eigenvalue weighted by molar-refractivity contribution is 6.09. The Morgan fingerprint density at radius 3 is 2.36 bits per heavy atom. The molecule has 0 fully saturated rings. The Bertz CT molecular complexity index is 1530. The number of fused-ring (bicyclic) bond motifs is 1. The highest BCUT2D eigenvalue weighted by Crippen LogP contribution is 2.42. The lowest BCUT2D eigenvalue weighted by Crippen LogP contribution is -2.54. The number of carbonyl (C=O) groups excluding carboxylic acids is 3. The maximum Gasteiger partial charge on any atom is 0.320 e. The van der Waals surface area contributed by atoms with Crippen molar-refractivity contribution >= 4 is 29.2 Å². The van der Waals surface area contributed by atoms with Crippen LogP contribution < -0.4 is 21.3 Å². The lowest BCUT2D eigenvalue weighted by molar-refractivity contribution is -0.123. The van der Waals surface area contributed by atoms with E-state index in [2.05, 4.69) is 15.4 Å². The first kappa shape index (κ1) is 25.6. The molecule has 11 nitrogen and oxygen atoms in total. The smallest absolute Gasteiger partial charge is 0.320 e. The number of primary amides is 2. The summed E-state index contributed by atoms with van der Waals surface area (Å²) in [6, 6.07) is 18.7. The number of tetrazole rings is 1. The zero-order valence-corrected chi connectivity index (χ0v) is 21.6. The van der Waals surface area contributed by atoms with Crippen LogP contribution in [0, 0.1) is 13.8 Å². The number of hydrogen-bond acceptors (Lipinski definition) is 6. The summed E-state index contributed by atoms with van der Waals surface area (Å²) in [5, 5.41) is 11.8. The summed E-state index contributed by atoms with van der Waals surface area (Å²) >= 11 is 0. The number of rotatable bonds is 6. The molecule has 4 aromatic rings. The number of carbonyl (C=O) groups is 3. The maximum absolute atomic E-state index is 14.3. The van der Waals surface area contributed by atoms with Crippen molar-refractivity contribution in [3.63, 3.8) is 0 Å². The Labute approximate surface area is 225 Å². The van der Waals surface area contributed by atoms with E-state index in [1.54, 1.807) is 24.3 Å². The van der Waals surface area contributed by atoms with Crippen LogP contribution in [0.25, 0.3) is 5.69 Å². The van der Waals surface area contributed by atoms with Gasteiger partial charge in [-0.2, -0.15) is 0 Å². The molecule has 4 N–H and O–H groups in total. The molecule has 2 unspecified atom stereocenters. The number of aromatic nitrogens is 4. The first-order valence-corrected chi connectivity index (χ1v) is 12.4. The van der Waals surface area contributed by atoms with E-state index in [1.807, 2.05) is 56.3 Å². The molecule has 0 bridgehead atoms. The standard InChI is InChI=1S/C28H28N8O3/c1-17-7-10-19(11-8-17)21-14-25(27(38)34(15-26(29)37)24-13-18(2)9-12-20(21)24)35(28(30)39)22-5-3-4-6-23(22)36-32-16-31-33-36/h3-13,16,21,25H,14-15H2,1-2H3,(H2,29,37)(H2,30,39). The average molecular weight is 525 g/mol. The minimum absolute atomic E-state index is 0.204. The topological polar surface area (TPSA) is 153 Å². The van der Waals surface area contributed by atoms with E-state index in [4.69, 9.17) is 11.5 Å². The monoisotopic (exact) mass is 524 g/mol. The second-order valence-electron chi connectivity index (χ2n) is 9.59. The van der Waals surface area contributed by atoms with Gasteiger partial charge in [0.15, 0.2) is 6.33 Å². The molecule has 2 heterocycles. The van der Waals surface area contributed by atoms with Crippen LogP contribution in [0.4, 0.5) is 16.2 Å². The van der Waals surface area contributed by atoms with Gasteiger partial charge >= 0.3 is 6.03 Å². The molecule has 4 amide bonds. The largest absolute Gasteiger partial charge is 0.368 e. The second kappa shape index (κ2) is 10.4. The van der Waals surface area contributed by atoms with Gasteiger partial charge in [-0.25, -0.2) is 4.79 Å². The molecule has 0 saturated carbocycles. The van der Waals surface area contributed by atoms with Crippen LogP contribution in [0.1, 0.15) is 34.6 Å². The van der Waals surface area contributed by atoms with Crippen LogP contribution >= 0.6 is 0 Å². The van der Waals surface area contributed by atoms with Crippen LogP contribution in [0.2, 0.25) is 0 Å². The van der Waals surface area contributed by atoms with Crippen LogP contribution in [0.5, 0.6) is 0 Å². The van der Waals surface area contributed by atoms with Crippen molar-refractivity contribution < 1.29 is 14.4 Å². The summed E-state index contributed by atoms with van der Waals surface area (Å²) < 4.78 is 0. The predicted octanol–water partition coefficient (Wildman–Crippen LogP) is 2.59. The molecule has 0 spiro atoms. The number of hydrogen-bond donors (Lipinski definition) is 2. The van der Waals surface area contributed by atoms with Gasteiger partial charge in [-0.3, -0.25) is 14.5 Å². The van der Waals surface area contributed by atoms with Gasteiger partial charge in [-0.15, -0.1) is 15.0 Å². The third-order valence-corrected chi connectivity index (χ3v) is 6.91. The van der Waals surface area contributed by atoms with E-state index in [9.17, 15) is 14.4 Å². The fourth-order valence-electron chi connectivity index (χ4n) is 5.14. The molecule has 0 radical (unpaired) electrons. The molecule has 1 aliphatic rings. The SMILES string of the molecule is Cc1ccc(C2CC(N(C(N)=O)c3ccccc3-n3ncnn3)C(=O)N(CC(N)=O)c3cc(C)ccc32)cc1. The molecular weight excluding hydrogens is 496 g/mol. The number of anilines is 2. The van der Waals surface area contributed by atoms with Crippen molar-refractivity contribution in [1.82, 2.24) is 20.2 Å². The summed E-state index contributed by atoms with van der Waals surface area (Å²) in [6.07, 6.45) is 1.47. The summed E-state index contributed by atoms with van der Waals surface area (Å²) in [5.74, 6) is -1.46. The van der Waals surface area contributed by atoms with Gasteiger partial charge in [0.1, 0.15) is 18.3 Å².